The number of aliphatic hydroxyl groups is 1. The molecule has 1 N–H and O–H groups in total. The van der Waals surface area contributed by atoms with E-state index < -0.39 is 23.5 Å². The maximum atomic E-state index is 13.6. The van der Waals surface area contributed by atoms with Crippen molar-refractivity contribution in [3.8, 4) is 5.75 Å². The lowest BCUT2D eigenvalue weighted by Crippen LogP contribution is -2.30. The number of amides is 1. The Morgan fingerprint density at radius 2 is 1.94 bits per heavy atom. The maximum absolute atomic E-state index is 13.6. The van der Waals surface area contributed by atoms with Crippen molar-refractivity contribution in [2.24, 2.45) is 0 Å². The van der Waals surface area contributed by atoms with Crippen LogP contribution >= 0.6 is 11.6 Å². The summed E-state index contributed by atoms with van der Waals surface area (Å²) in [5, 5.41) is 11.8. The molecule has 3 heterocycles. The number of ketones is 1. The van der Waals surface area contributed by atoms with Crippen LogP contribution in [0.25, 0.3) is 11.0 Å². The van der Waals surface area contributed by atoms with E-state index in [1.54, 1.807) is 36.4 Å². The van der Waals surface area contributed by atoms with E-state index in [1.807, 2.05) is 19.1 Å². The highest BCUT2D eigenvalue weighted by Gasteiger charge is 2.46. The van der Waals surface area contributed by atoms with Gasteiger partial charge in [0.25, 0.3) is 5.91 Å². The Bertz CT molecular complexity index is 1430. The van der Waals surface area contributed by atoms with Gasteiger partial charge in [-0.05, 0) is 48.4 Å². The van der Waals surface area contributed by atoms with Crippen molar-refractivity contribution in [3.05, 3.63) is 94.3 Å². The number of ether oxygens (including phenoxy) is 1. The number of carbonyl (C=O) groups excluding carboxylic acids is 2. The van der Waals surface area contributed by atoms with Gasteiger partial charge in [-0.25, -0.2) is 0 Å². The monoisotopic (exact) mass is 477 g/mol. The van der Waals surface area contributed by atoms with Gasteiger partial charge < -0.3 is 18.7 Å². The van der Waals surface area contributed by atoms with Crippen molar-refractivity contribution in [2.45, 2.75) is 19.4 Å². The van der Waals surface area contributed by atoms with Gasteiger partial charge in [-0.2, -0.15) is 0 Å². The van der Waals surface area contributed by atoms with Gasteiger partial charge in [-0.1, -0.05) is 30.7 Å². The molecule has 8 heteroatoms. The van der Waals surface area contributed by atoms with E-state index in [-0.39, 0.29) is 11.3 Å². The summed E-state index contributed by atoms with van der Waals surface area (Å²) in [6, 6.07) is 14.4. The van der Waals surface area contributed by atoms with Gasteiger partial charge >= 0.3 is 0 Å². The van der Waals surface area contributed by atoms with Crippen LogP contribution in [0.5, 0.6) is 5.75 Å². The molecule has 0 spiro atoms. The van der Waals surface area contributed by atoms with Crippen LogP contribution in [0.4, 0.5) is 5.69 Å². The molecule has 0 saturated heterocycles. The molecule has 0 bridgehead atoms. The minimum absolute atomic E-state index is 0.0651. The minimum Gasteiger partial charge on any atom is -0.503 e. The number of carbonyl (C=O) groups is 2. The van der Waals surface area contributed by atoms with E-state index in [4.69, 9.17) is 25.2 Å². The van der Waals surface area contributed by atoms with Crippen LogP contribution in [0.3, 0.4) is 0 Å². The molecule has 2 aromatic heterocycles. The zero-order valence-corrected chi connectivity index (χ0v) is 19.1. The number of anilines is 1. The number of nitrogens with zero attached hydrogens (tertiary/aromatic N) is 1. The Hall–Kier alpha value is -3.97. The summed E-state index contributed by atoms with van der Waals surface area (Å²) in [4.78, 5) is 28.2. The Balaban J connectivity index is 1.62. The third kappa shape index (κ3) is 3.45. The molecule has 1 amide bonds. The van der Waals surface area contributed by atoms with Gasteiger partial charge in [-0.15, -0.1) is 0 Å². The number of hydrogen-bond acceptors (Lipinski definition) is 6. The minimum atomic E-state index is -0.971. The van der Waals surface area contributed by atoms with Gasteiger partial charge in [0.15, 0.2) is 22.9 Å². The number of furan rings is 2. The number of methoxy groups -OCH3 is 1. The van der Waals surface area contributed by atoms with Crippen LogP contribution in [0, 0.1) is 0 Å². The van der Waals surface area contributed by atoms with Crippen LogP contribution in [0.2, 0.25) is 5.02 Å². The first-order chi connectivity index (χ1) is 16.4. The Morgan fingerprint density at radius 3 is 2.59 bits per heavy atom. The van der Waals surface area contributed by atoms with Crippen molar-refractivity contribution < 1.29 is 28.3 Å². The van der Waals surface area contributed by atoms with Crippen LogP contribution in [0.15, 0.2) is 81.0 Å². The van der Waals surface area contributed by atoms with Crippen molar-refractivity contribution >= 4 is 39.9 Å². The van der Waals surface area contributed by atoms with Crippen molar-refractivity contribution in [1.82, 2.24) is 0 Å². The van der Waals surface area contributed by atoms with E-state index >= 15 is 0 Å². The predicted octanol–water partition coefficient (Wildman–Crippen LogP) is 6.03. The number of aliphatic hydroxyl groups excluding tert-OH is 1. The Morgan fingerprint density at radius 1 is 1.18 bits per heavy atom. The SMILES string of the molecule is CCc1ccc(N2C(=O)C(O)=C(C(=O)c3cc4cc(Cl)cc(OC)c4o3)C2c2ccco2)cc1. The van der Waals surface area contributed by atoms with E-state index in [2.05, 4.69) is 0 Å². The Labute approximate surface area is 199 Å². The molecule has 0 aliphatic carbocycles. The quantitative estimate of drug-likeness (QED) is 0.341. The zero-order chi connectivity index (χ0) is 24.0. The lowest BCUT2D eigenvalue weighted by molar-refractivity contribution is -0.117. The number of halogens is 1. The zero-order valence-electron chi connectivity index (χ0n) is 18.4. The number of aryl methyl sites for hydroxylation is 1. The molecule has 4 aromatic rings. The number of rotatable bonds is 6. The van der Waals surface area contributed by atoms with Gasteiger partial charge in [-0.3, -0.25) is 14.5 Å². The molecule has 0 fully saturated rings. The van der Waals surface area contributed by atoms with Gasteiger partial charge in [0.2, 0.25) is 5.78 Å². The second kappa shape index (κ2) is 8.43. The molecule has 34 heavy (non-hydrogen) atoms. The van der Waals surface area contributed by atoms with Gasteiger partial charge in [0, 0.05) is 22.2 Å². The number of hydrogen-bond donors (Lipinski definition) is 1. The average Bonchev–Trinajstić information content (AvgIpc) is 3.57. The van der Waals surface area contributed by atoms with Crippen LogP contribution in [0.1, 0.15) is 34.8 Å². The second-order valence-corrected chi connectivity index (χ2v) is 8.28. The van der Waals surface area contributed by atoms with Crippen LogP contribution in [-0.2, 0) is 11.2 Å². The van der Waals surface area contributed by atoms with Crippen molar-refractivity contribution in [1.29, 1.82) is 0 Å². The normalized spacial score (nSPS) is 16.0. The average molecular weight is 478 g/mol. The van der Waals surface area contributed by atoms with Crippen LogP contribution < -0.4 is 9.64 Å². The fourth-order valence-electron chi connectivity index (χ4n) is 4.19. The highest BCUT2D eigenvalue weighted by atomic mass is 35.5. The van der Waals surface area contributed by atoms with Crippen LogP contribution in [-0.4, -0.2) is 23.9 Å². The third-order valence-corrected chi connectivity index (χ3v) is 6.10. The molecule has 0 radical (unpaired) electrons. The molecular weight excluding hydrogens is 458 g/mol. The molecule has 1 aliphatic heterocycles. The summed E-state index contributed by atoms with van der Waals surface area (Å²) >= 11 is 6.14. The molecule has 0 saturated carbocycles. The highest BCUT2D eigenvalue weighted by Crippen LogP contribution is 2.43. The topological polar surface area (TPSA) is 93.1 Å². The number of benzene rings is 2. The number of fused-ring (bicyclic) bond motifs is 1. The predicted molar refractivity (Wildman–Crippen MR) is 127 cm³/mol. The molecule has 5 rings (SSSR count). The number of Topliss-reactive ketones (excluding diaryl/α,β-unsaturated/α-hetero) is 1. The first kappa shape index (κ1) is 21.9. The maximum Gasteiger partial charge on any atom is 0.294 e. The molecular formula is C26H20ClNO6. The lowest BCUT2D eigenvalue weighted by Gasteiger charge is -2.25. The van der Waals surface area contributed by atoms with Crippen molar-refractivity contribution in [2.75, 3.05) is 12.0 Å². The van der Waals surface area contributed by atoms with E-state index in [0.29, 0.717) is 33.2 Å². The second-order valence-electron chi connectivity index (χ2n) is 7.84. The lowest BCUT2D eigenvalue weighted by atomic mass is 9.99. The summed E-state index contributed by atoms with van der Waals surface area (Å²) in [7, 11) is 1.47. The molecule has 2 aromatic carbocycles. The van der Waals surface area contributed by atoms with E-state index in [1.165, 1.54) is 24.3 Å². The van der Waals surface area contributed by atoms with Crippen molar-refractivity contribution in [3.63, 3.8) is 0 Å². The third-order valence-electron chi connectivity index (χ3n) is 5.88. The van der Waals surface area contributed by atoms with E-state index in [9.17, 15) is 14.7 Å². The summed E-state index contributed by atoms with van der Waals surface area (Å²) in [6.07, 6.45) is 2.28. The smallest absolute Gasteiger partial charge is 0.294 e. The van der Waals surface area contributed by atoms with E-state index in [0.717, 1.165) is 12.0 Å². The Kier molecular flexibility index (Phi) is 5.42. The summed E-state index contributed by atoms with van der Waals surface area (Å²) in [5.41, 5.74) is 1.81. The van der Waals surface area contributed by atoms with Gasteiger partial charge in [0.1, 0.15) is 11.8 Å². The highest BCUT2D eigenvalue weighted by molar-refractivity contribution is 6.31. The molecule has 1 atom stereocenters. The molecule has 172 valence electrons. The van der Waals surface area contributed by atoms with Gasteiger partial charge in [0.05, 0.1) is 18.9 Å². The standard InChI is InChI=1S/C26H20ClNO6/c1-3-14-6-8-17(9-7-14)28-22(18-5-4-10-33-18)21(24(30)26(28)31)23(29)19-12-15-11-16(27)13-20(32-2)25(15)34-19/h4-13,22,30H,3H2,1-2H3. The summed E-state index contributed by atoms with van der Waals surface area (Å²) in [6.45, 7) is 2.03. The molecule has 1 aliphatic rings. The fourth-order valence-corrected chi connectivity index (χ4v) is 4.41. The largest absolute Gasteiger partial charge is 0.503 e. The first-order valence-electron chi connectivity index (χ1n) is 10.6. The molecule has 7 nitrogen and oxygen atoms in total. The summed E-state index contributed by atoms with van der Waals surface area (Å²) in [5.74, 6) is -1.37. The molecule has 1 unspecified atom stereocenters. The fraction of sp³-hybridized carbons (Fsp3) is 0.154. The summed E-state index contributed by atoms with van der Waals surface area (Å²) < 4.78 is 16.7. The first-order valence-corrected chi connectivity index (χ1v) is 11.0.